The number of halogens is 3. The second-order valence-corrected chi connectivity index (χ2v) is 9.04. The van der Waals surface area contributed by atoms with Crippen LogP contribution in [0.25, 0.3) is 0 Å². The fraction of sp³-hybridized carbons (Fsp3) is 0.333. The first-order valence-corrected chi connectivity index (χ1v) is 11.1. The Hall–Kier alpha value is -2.72. The standard InChI is InChI=1S/C21H21F3N2O4S/c22-21(23,24)17-7-4-8-18(15-17)31(29,30)26-13-11-25(12-14-26)20(28)10-9-19(27)16-5-2-1-3-6-16/h1-8,15H,9-14H2. The molecular formula is C21H21F3N2O4S. The molecular weight excluding hydrogens is 433 g/mol. The highest BCUT2D eigenvalue weighted by atomic mass is 32.2. The van der Waals surface area contributed by atoms with E-state index >= 15 is 0 Å². The average molecular weight is 454 g/mol. The molecule has 0 unspecified atom stereocenters. The van der Waals surface area contributed by atoms with Gasteiger partial charge in [-0.05, 0) is 18.2 Å². The second kappa shape index (κ2) is 9.19. The zero-order valence-electron chi connectivity index (χ0n) is 16.5. The first-order chi connectivity index (χ1) is 14.6. The van der Waals surface area contributed by atoms with Crippen molar-refractivity contribution in [3.63, 3.8) is 0 Å². The van der Waals surface area contributed by atoms with Crippen molar-refractivity contribution < 1.29 is 31.2 Å². The predicted molar refractivity (Wildman–Crippen MR) is 107 cm³/mol. The number of Topliss-reactive ketones (excluding diaryl/α,β-unsaturated/α-hetero) is 1. The van der Waals surface area contributed by atoms with Gasteiger partial charge in [0.1, 0.15) is 0 Å². The molecule has 166 valence electrons. The number of carbonyl (C=O) groups excluding carboxylic acids is 2. The van der Waals surface area contributed by atoms with E-state index in [9.17, 15) is 31.2 Å². The maximum absolute atomic E-state index is 12.9. The van der Waals surface area contributed by atoms with Crippen molar-refractivity contribution in [1.82, 2.24) is 9.21 Å². The lowest BCUT2D eigenvalue weighted by Gasteiger charge is -2.34. The molecule has 0 spiro atoms. The average Bonchev–Trinajstić information content (AvgIpc) is 2.77. The number of rotatable bonds is 6. The summed E-state index contributed by atoms with van der Waals surface area (Å²) in [4.78, 5) is 25.6. The van der Waals surface area contributed by atoms with Gasteiger partial charge in [0.05, 0.1) is 10.5 Å². The Kier molecular flexibility index (Phi) is 6.80. The van der Waals surface area contributed by atoms with Gasteiger partial charge in [-0.1, -0.05) is 36.4 Å². The van der Waals surface area contributed by atoms with Crippen LogP contribution < -0.4 is 0 Å². The van der Waals surface area contributed by atoms with Crippen molar-refractivity contribution in [1.29, 1.82) is 0 Å². The van der Waals surface area contributed by atoms with Gasteiger partial charge < -0.3 is 4.90 Å². The monoisotopic (exact) mass is 454 g/mol. The Morgan fingerprint density at radius 2 is 1.52 bits per heavy atom. The lowest BCUT2D eigenvalue weighted by molar-refractivity contribution is -0.137. The lowest BCUT2D eigenvalue weighted by atomic mass is 10.1. The Labute approximate surface area is 178 Å². The van der Waals surface area contributed by atoms with Crippen LogP contribution in [0.15, 0.2) is 59.5 Å². The number of piperazine rings is 1. The molecule has 0 aliphatic carbocycles. The Balaban J connectivity index is 1.57. The van der Waals surface area contributed by atoms with Crippen LogP contribution in [0.2, 0.25) is 0 Å². The molecule has 0 bridgehead atoms. The van der Waals surface area contributed by atoms with E-state index in [1.807, 2.05) is 0 Å². The van der Waals surface area contributed by atoms with Crippen LogP contribution in [0.3, 0.4) is 0 Å². The van der Waals surface area contributed by atoms with Gasteiger partial charge in [0, 0.05) is 44.6 Å². The second-order valence-electron chi connectivity index (χ2n) is 7.10. The lowest BCUT2D eigenvalue weighted by Crippen LogP contribution is -2.50. The van der Waals surface area contributed by atoms with E-state index in [0.29, 0.717) is 11.6 Å². The van der Waals surface area contributed by atoms with Crippen LogP contribution in [0, 0.1) is 0 Å². The van der Waals surface area contributed by atoms with Crippen molar-refractivity contribution in [3.05, 3.63) is 65.7 Å². The highest BCUT2D eigenvalue weighted by Crippen LogP contribution is 2.31. The summed E-state index contributed by atoms with van der Waals surface area (Å²) in [6, 6.07) is 12.2. The third kappa shape index (κ3) is 5.50. The molecule has 1 heterocycles. The Morgan fingerprint density at radius 3 is 2.13 bits per heavy atom. The number of benzene rings is 2. The number of carbonyl (C=O) groups is 2. The zero-order valence-corrected chi connectivity index (χ0v) is 17.3. The topological polar surface area (TPSA) is 74.8 Å². The fourth-order valence-corrected chi connectivity index (χ4v) is 4.78. The summed E-state index contributed by atoms with van der Waals surface area (Å²) in [5.41, 5.74) is -0.516. The smallest absolute Gasteiger partial charge is 0.340 e. The number of hydrogen-bond donors (Lipinski definition) is 0. The Bertz CT molecular complexity index is 1050. The van der Waals surface area contributed by atoms with Gasteiger partial charge >= 0.3 is 6.18 Å². The predicted octanol–water partition coefficient (Wildman–Crippen LogP) is 3.20. The van der Waals surface area contributed by atoms with Crippen LogP contribution in [0.1, 0.15) is 28.8 Å². The normalized spacial score (nSPS) is 15.6. The summed E-state index contributed by atoms with van der Waals surface area (Å²) in [6.07, 6.45) is -4.59. The van der Waals surface area contributed by atoms with E-state index < -0.39 is 26.7 Å². The third-order valence-electron chi connectivity index (χ3n) is 5.05. The summed E-state index contributed by atoms with van der Waals surface area (Å²) in [7, 11) is -4.11. The first kappa shape index (κ1) is 23.0. The Morgan fingerprint density at radius 1 is 0.871 bits per heavy atom. The third-order valence-corrected chi connectivity index (χ3v) is 6.95. The van der Waals surface area contributed by atoms with Crippen LogP contribution in [-0.2, 0) is 21.0 Å². The molecule has 0 aromatic heterocycles. The molecule has 0 radical (unpaired) electrons. The van der Waals surface area contributed by atoms with E-state index in [0.717, 1.165) is 22.5 Å². The van der Waals surface area contributed by atoms with Crippen molar-refractivity contribution in [3.8, 4) is 0 Å². The minimum Gasteiger partial charge on any atom is -0.340 e. The van der Waals surface area contributed by atoms with Gasteiger partial charge in [-0.2, -0.15) is 17.5 Å². The molecule has 0 N–H and O–H groups in total. The molecule has 1 saturated heterocycles. The van der Waals surface area contributed by atoms with E-state index in [1.54, 1.807) is 30.3 Å². The van der Waals surface area contributed by atoms with Gasteiger partial charge in [-0.25, -0.2) is 8.42 Å². The zero-order chi connectivity index (χ0) is 22.6. The molecule has 0 atom stereocenters. The van der Waals surface area contributed by atoms with Crippen LogP contribution >= 0.6 is 0 Å². The molecule has 1 fully saturated rings. The van der Waals surface area contributed by atoms with E-state index in [2.05, 4.69) is 0 Å². The molecule has 10 heteroatoms. The fourth-order valence-electron chi connectivity index (χ4n) is 3.31. The minimum absolute atomic E-state index is 0.00804. The number of amides is 1. The summed E-state index contributed by atoms with van der Waals surface area (Å²) in [5, 5.41) is 0. The first-order valence-electron chi connectivity index (χ1n) is 9.62. The maximum Gasteiger partial charge on any atom is 0.416 e. The van der Waals surface area contributed by atoms with Crippen LogP contribution in [0.5, 0.6) is 0 Å². The largest absolute Gasteiger partial charge is 0.416 e. The van der Waals surface area contributed by atoms with Crippen LogP contribution in [0.4, 0.5) is 13.2 Å². The molecule has 0 saturated carbocycles. The molecule has 1 aliphatic rings. The van der Waals surface area contributed by atoms with E-state index in [1.165, 1.54) is 4.90 Å². The molecule has 6 nitrogen and oxygen atoms in total. The van der Waals surface area contributed by atoms with Crippen molar-refractivity contribution in [2.45, 2.75) is 23.9 Å². The quantitative estimate of drug-likeness (QED) is 0.629. The molecule has 2 aromatic carbocycles. The number of sulfonamides is 1. The van der Waals surface area contributed by atoms with Gasteiger partial charge in [-0.3, -0.25) is 9.59 Å². The minimum atomic E-state index is -4.65. The number of alkyl halides is 3. The summed E-state index contributed by atoms with van der Waals surface area (Å²) >= 11 is 0. The van der Waals surface area contributed by atoms with E-state index in [4.69, 9.17) is 0 Å². The molecule has 1 amide bonds. The van der Waals surface area contributed by atoms with Crippen molar-refractivity contribution in [2.24, 2.45) is 0 Å². The molecule has 3 rings (SSSR count). The highest BCUT2D eigenvalue weighted by Gasteiger charge is 2.34. The maximum atomic E-state index is 12.9. The van der Waals surface area contributed by atoms with Crippen molar-refractivity contribution >= 4 is 21.7 Å². The summed E-state index contributed by atoms with van der Waals surface area (Å²) in [6.45, 7) is 0.154. The van der Waals surface area contributed by atoms with Crippen LogP contribution in [-0.4, -0.2) is 55.5 Å². The number of ketones is 1. The molecule has 2 aromatic rings. The molecule has 31 heavy (non-hydrogen) atoms. The summed E-state index contributed by atoms with van der Waals surface area (Å²) < 4.78 is 65.2. The van der Waals surface area contributed by atoms with E-state index in [-0.39, 0.29) is 50.7 Å². The number of nitrogens with zero attached hydrogens (tertiary/aromatic N) is 2. The number of hydrogen-bond acceptors (Lipinski definition) is 4. The van der Waals surface area contributed by atoms with Gasteiger partial charge in [0.15, 0.2) is 5.78 Å². The SMILES string of the molecule is O=C(CCC(=O)N1CCN(S(=O)(=O)c2cccc(C(F)(F)F)c2)CC1)c1ccccc1. The summed E-state index contributed by atoms with van der Waals surface area (Å²) in [5.74, 6) is -0.417. The highest BCUT2D eigenvalue weighted by molar-refractivity contribution is 7.89. The van der Waals surface area contributed by atoms with Crippen molar-refractivity contribution in [2.75, 3.05) is 26.2 Å². The van der Waals surface area contributed by atoms with Gasteiger partial charge in [0.25, 0.3) is 0 Å². The van der Waals surface area contributed by atoms with Gasteiger partial charge in [-0.15, -0.1) is 0 Å². The van der Waals surface area contributed by atoms with Gasteiger partial charge in [0.2, 0.25) is 15.9 Å². The molecule has 1 aliphatic heterocycles.